The van der Waals surface area contributed by atoms with Crippen molar-refractivity contribution in [1.82, 2.24) is 0 Å². The van der Waals surface area contributed by atoms with Crippen molar-refractivity contribution in [2.24, 2.45) is 0 Å². The first-order valence-corrected chi connectivity index (χ1v) is 9.54. The zero-order chi connectivity index (χ0) is 20.0. The zero-order valence-corrected chi connectivity index (χ0v) is 18.0. The van der Waals surface area contributed by atoms with Crippen LogP contribution in [0, 0.1) is 21.8 Å². The number of anilines is 1. The van der Waals surface area contributed by atoms with Crippen molar-refractivity contribution >= 4 is 51.9 Å². The fraction of sp³-hybridized carbons (Fsp3) is 0.200. The van der Waals surface area contributed by atoms with Gasteiger partial charge in [-0.3, -0.25) is 4.79 Å². The molecule has 2 aromatic rings. The van der Waals surface area contributed by atoms with Gasteiger partial charge in [0.1, 0.15) is 11.6 Å². The largest absolute Gasteiger partial charge is 0.493 e. The van der Waals surface area contributed by atoms with Crippen molar-refractivity contribution in [3.05, 3.63) is 55.6 Å². The Balaban J connectivity index is 2.35. The van der Waals surface area contributed by atoms with Gasteiger partial charge in [0.15, 0.2) is 11.5 Å². The van der Waals surface area contributed by atoms with Crippen molar-refractivity contribution in [3.8, 4) is 17.6 Å². The zero-order valence-electron chi connectivity index (χ0n) is 15.1. The molecule has 0 radical (unpaired) electrons. The Morgan fingerprint density at radius 3 is 2.74 bits per heavy atom. The van der Waals surface area contributed by atoms with Crippen molar-refractivity contribution in [1.29, 1.82) is 5.26 Å². The number of benzene rings is 2. The van der Waals surface area contributed by atoms with E-state index in [1.807, 2.05) is 26.0 Å². The molecule has 0 fully saturated rings. The van der Waals surface area contributed by atoms with Crippen LogP contribution >= 0.6 is 34.2 Å². The lowest BCUT2D eigenvalue weighted by Crippen LogP contribution is -2.14. The summed E-state index contributed by atoms with van der Waals surface area (Å²) < 4.78 is 11.8. The van der Waals surface area contributed by atoms with Gasteiger partial charge >= 0.3 is 0 Å². The van der Waals surface area contributed by atoms with E-state index in [0.717, 1.165) is 9.13 Å². The first-order valence-electron chi connectivity index (χ1n) is 8.09. The molecule has 0 saturated heterocycles. The molecule has 0 saturated carbocycles. The van der Waals surface area contributed by atoms with E-state index in [9.17, 15) is 10.1 Å². The number of nitriles is 1. The van der Waals surface area contributed by atoms with Crippen molar-refractivity contribution in [2.45, 2.75) is 13.8 Å². The maximum atomic E-state index is 12.5. The molecule has 5 nitrogen and oxygen atoms in total. The standard InChI is InChI=1S/C20H18ClIN2O3/c1-4-27-19-16(22)8-13(9-18(19)26-3)7-14(11-23)20(25)24-17-10-15(21)6-5-12(17)2/h5-10H,4H2,1-3H3,(H,24,25)/b14-7+. The lowest BCUT2D eigenvalue weighted by atomic mass is 10.1. The summed E-state index contributed by atoms with van der Waals surface area (Å²) >= 11 is 8.11. The van der Waals surface area contributed by atoms with Crippen molar-refractivity contribution in [2.75, 3.05) is 19.0 Å². The van der Waals surface area contributed by atoms with Crippen LogP contribution in [0.15, 0.2) is 35.9 Å². The number of ether oxygens (including phenoxy) is 2. The highest BCUT2D eigenvalue weighted by molar-refractivity contribution is 14.1. The average molecular weight is 497 g/mol. The number of rotatable bonds is 6. The van der Waals surface area contributed by atoms with Gasteiger partial charge in [0.2, 0.25) is 0 Å². The van der Waals surface area contributed by atoms with E-state index >= 15 is 0 Å². The summed E-state index contributed by atoms with van der Waals surface area (Å²) in [5.74, 6) is 0.666. The second-order valence-electron chi connectivity index (χ2n) is 5.55. The Hall–Kier alpha value is -2.24. The third kappa shape index (κ3) is 5.37. The van der Waals surface area contributed by atoms with Crippen molar-refractivity contribution < 1.29 is 14.3 Å². The number of carbonyl (C=O) groups excluding carboxylic acids is 1. The van der Waals surface area contributed by atoms with Crippen LogP contribution in [0.3, 0.4) is 0 Å². The molecule has 2 aromatic carbocycles. The van der Waals surface area contributed by atoms with Crippen LogP contribution in [0.2, 0.25) is 5.02 Å². The van der Waals surface area contributed by atoms with Gasteiger partial charge in [-0.25, -0.2) is 0 Å². The van der Waals surface area contributed by atoms with Gasteiger partial charge in [0, 0.05) is 10.7 Å². The van der Waals surface area contributed by atoms with Gasteiger partial charge in [-0.05, 0) is 77.9 Å². The first kappa shape index (κ1) is 21.1. The van der Waals surface area contributed by atoms with E-state index in [1.165, 1.54) is 6.08 Å². The minimum atomic E-state index is -0.509. The summed E-state index contributed by atoms with van der Waals surface area (Å²) in [7, 11) is 1.54. The molecule has 0 aliphatic heterocycles. The second kappa shape index (κ2) is 9.62. The minimum Gasteiger partial charge on any atom is -0.493 e. The Labute approximate surface area is 177 Å². The predicted molar refractivity (Wildman–Crippen MR) is 115 cm³/mol. The number of carbonyl (C=O) groups is 1. The maximum absolute atomic E-state index is 12.5. The van der Waals surface area contributed by atoms with E-state index in [-0.39, 0.29) is 5.57 Å². The summed E-state index contributed by atoms with van der Waals surface area (Å²) in [6.07, 6.45) is 1.51. The topological polar surface area (TPSA) is 71.3 Å². The van der Waals surface area contributed by atoms with Crippen molar-refractivity contribution in [3.63, 3.8) is 0 Å². The molecule has 1 N–H and O–H groups in total. The highest BCUT2D eigenvalue weighted by Gasteiger charge is 2.14. The van der Waals surface area contributed by atoms with Crippen LogP contribution in [0.4, 0.5) is 5.69 Å². The molecule has 0 heterocycles. The fourth-order valence-corrected chi connectivity index (χ4v) is 3.29. The Morgan fingerprint density at radius 1 is 1.37 bits per heavy atom. The molecule has 7 heteroatoms. The highest BCUT2D eigenvalue weighted by Crippen LogP contribution is 2.34. The average Bonchev–Trinajstić information content (AvgIpc) is 2.64. The minimum absolute atomic E-state index is 0.0311. The molecule has 1 amide bonds. The normalized spacial score (nSPS) is 10.9. The van der Waals surface area contributed by atoms with E-state index < -0.39 is 5.91 Å². The van der Waals surface area contributed by atoms with E-state index in [2.05, 4.69) is 27.9 Å². The van der Waals surface area contributed by atoms with Crippen LogP contribution in [0.1, 0.15) is 18.1 Å². The van der Waals surface area contributed by atoms with Gasteiger partial charge in [0.25, 0.3) is 5.91 Å². The third-order valence-corrected chi connectivity index (χ3v) is 4.70. The smallest absolute Gasteiger partial charge is 0.266 e. The van der Waals surface area contributed by atoms with Crippen LogP contribution in [-0.2, 0) is 4.79 Å². The number of nitrogens with zero attached hydrogens (tertiary/aromatic N) is 1. The number of halogens is 2. The molecular weight excluding hydrogens is 479 g/mol. The first-order chi connectivity index (χ1) is 12.9. The van der Waals surface area contributed by atoms with Gasteiger partial charge in [0.05, 0.1) is 17.3 Å². The lowest BCUT2D eigenvalue weighted by Gasteiger charge is -2.12. The molecular formula is C20H18ClIN2O3. The molecule has 0 aromatic heterocycles. The maximum Gasteiger partial charge on any atom is 0.266 e. The number of hydrogen-bond donors (Lipinski definition) is 1. The Kier molecular flexibility index (Phi) is 7.51. The predicted octanol–water partition coefficient (Wildman–Crippen LogP) is 5.21. The molecule has 0 atom stereocenters. The van der Waals surface area contributed by atoms with Gasteiger partial charge < -0.3 is 14.8 Å². The molecule has 0 spiro atoms. The molecule has 27 heavy (non-hydrogen) atoms. The van der Waals surface area contributed by atoms with E-state index in [1.54, 1.807) is 31.4 Å². The molecule has 0 aliphatic carbocycles. The monoisotopic (exact) mass is 496 g/mol. The van der Waals surface area contributed by atoms with Crippen LogP contribution < -0.4 is 14.8 Å². The van der Waals surface area contributed by atoms with Crippen LogP contribution in [0.25, 0.3) is 6.08 Å². The van der Waals surface area contributed by atoms with E-state index in [0.29, 0.717) is 34.4 Å². The summed E-state index contributed by atoms with van der Waals surface area (Å²) in [4.78, 5) is 12.5. The van der Waals surface area contributed by atoms with E-state index in [4.69, 9.17) is 21.1 Å². The summed E-state index contributed by atoms with van der Waals surface area (Å²) in [5.41, 5.74) is 2.04. The summed E-state index contributed by atoms with van der Waals surface area (Å²) in [6.45, 7) is 4.24. The lowest BCUT2D eigenvalue weighted by molar-refractivity contribution is -0.112. The second-order valence-corrected chi connectivity index (χ2v) is 7.15. The Bertz CT molecular complexity index is 936. The Morgan fingerprint density at radius 2 is 2.11 bits per heavy atom. The third-order valence-electron chi connectivity index (χ3n) is 3.66. The number of nitrogens with one attached hydrogen (secondary N) is 1. The molecule has 140 valence electrons. The number of aryl methyl sites for hydroxylation is 1. The molecule has 0 bridgehead atoms. The highest BCUT2D eigenvalue weighted by atomic mass is 127. The molecule has 0 aliphatic rings. The van der Waals surface area contributed by atoms with Gasteiger partial charge in [-0.1, -0.05) is 17.7 Å². The van der Waals surface area contributed by atoms with Crippen LogP contribution in [-0.4, -0.2) is 19.6 Å². The number of methoxy groups -OCH3 is 1. The molecule has 2 rings (SSSR count). The number of amides is 1. The quantitative estimate of drug-likeness (QED) is 0.339. The van der Waals surface area contributed by atoms with Gasteiger partial charge in [-0.2, -0.15) is 5.26 Å². The SMILES string of the molecule is CCOc1c(I)cc(/C=C(\C#N)C(=O)Nc2cc(Cl)ccc2C)cc1OC. The molecule has 0 unspecified atom stereocenters. The summed E-state index contributed by atoms with van der Waals surface area (Å²) in [5, 5.41) is 12.7. The van der Waals surface area contributed by atoms with Gasteiger partial charge in [-0.15, -0.1) is 0 Å². The number of hydrogen-bond acceptors (Lipinski definition) is 4. The fourth-order valence-electron chi connectivity index (χ4n) is 2.34. The summed E-state index contributed by atoms with van der Waals surface area (Å²) in [6, 6.07) is 10.7. The van der Waals surface area contributed by atoms with Crippen LogP contribution in [0.5, 0.6) is 11.5 Å².